The first-order valence-corrected chi connectivity index (χ1v) is 9.47. The molecule has 1 heterocycles. The molecule has 0 spiro atoms. The molecule has 134 valence electrons. The van der Waals surface area contributed by atoms with Crippen molar-refractivity contribution in [3.05, 3.63) is 35.4 Å². The van der Waals surface area contributed by atoms with Gasteiger partial charge in [0.25, 0.3) is 0 Å². The largest absolute Gasteiger partial charge is 0.393 e. The van der Waals surface area contributed by atoms with Crippen LogP contribution >= 0.6 is 21.2 Å². The smallest absolute Gasteiger partial charge is 0.191 e. The van der Waals surface area contributed by atoms with Crippen LogP contribution in [0.25, 0.3) is 0 Å². The van der Waals surface area contributed by atoms with Crippen LogP contribution in [0.5, 0.6) is 0 Å². The molecule has 1 aromatic carbocycles. The lowest BCUT2D eigenvalue weighted by Gasteiger charge is -2.21. The molecule has 0 amide bonds. The zero-order valence-electron chi connectivity index (χ0n) is 13.7. The summed E-state index contributed by atoms with van der Waals surface area (Å²) in [7, 11) is 2.60. The Kier molecular flexibility index (Phi) is 5.29. The third kappa shape index (κ3) is 3.80. The second kappa shape index (κ2) is 7.30. The third-order valence-corrected chi connectivity index (χ3v) is 5.78. The van der Waals surface area contributed by atoms with Crippen molar-refractivity contribution in [3.63, 3.8) is 0 Å². The van der Waals surface area contributed by atoms with E-state index in [1.54, 1.807) is 6.07 Å². The lowest BCUT2D eigenvalue weighted by molar-refractivity contribution is 0.507. The topological polar surface area (TPSA) is 81.1 Å². The molecule has 1 aromatic heterocycles. The summed E-state index contributed by atoms with van der Waals surface area (Å²) in [6.45, 7) is 2.08. The fraction of sp³-hybridized carbons (Fsp3) is 0.375. The van der Waals surface area contributed by atoms with Gasteiger partial charge < -0.3 is 16.1 Å². The fourth-order valence-corrected chi connectivity index (χ4v) is 3.88. The van der Waals surface area contributed by atoms with Crippen molar-refractivity contribution in [2.75, 3.05) is 21.9 Å². The van der Waals surface area contributed by atoms with Gasteiger partial charge in [-0.2, -0.15) is 0 Å². The van der Waals surface area contributed by atoms with Gasteiger partial charge in [-0.15, -0.1) is 0 Å². The molecule has 0 saturated heterocycles. The molecule has 0 radical (unpaired) electrons. The Hall–Kier alpha value is -1.66. The Morgan fingerprint density at radius 3 is 2.72 bits per heavy atom. The quantitative estimate of drug-likeness (QED) is 0.451. The maximum Gasteiger partial charge on any atom is 0.191 e. The highest BCUT2D eigenvalue weighted by molar-refractivity contribution is 7.99. The van der Waals surface area contributed by atoms with Crippen molar-refractivity contribution in [1.29, 1.82) is 0 Å². The van der Waals surface area contributed by atoms with Crippen molar-refractivity contribution in [1.82, 2.24) is 9.97 Å². The molecule has 9 heteroatoms. The van der Waals surface area contributed by atoms with Crippen LogP contribution in [0, 0.1) is 11.6 Å². The second-order valence-electron chi connectivity index (χ2n) is 5.97. The second-order valence-corrected chi connectivity index (χ2v) is 7.59. The summed E-state index contributed by atoms with van der Waals surface area (Å²) in [5.74, 6) is 0.111. The number of thioether (sulfide) groups is 1. The summed E-state index contributed by atoms with van der Waals surface area (Å²) in [5, 5.41) is 0.584. The predicted octanol–water partition coefficient (Wildman–Crippen LogP) is 3.57. The van der Waals surface area contributed by atoms with Crippen LogP contribution in [0.3, 0.4) is 0 Å². The average Bonchev–Trinajstić information content (AvgIpc) is 3.38. The molecule has 0 aliphatic heterocycles. The van der Waals surface area contributed by atoms with Crippen LogP contribution in [0.4, 0.5) is 26.1 Å². The van der Waals surface area contributed by atoms with Crippen LogP contribution in [0.2, 0.25) is 0 Å². The minimum atomic E-state index is -0.839. The average molecular weight is 383 g/mol. The van der Waals surface area contributed by atoms with Crippen LogP contribution < -0.4 is 16.1 Å². The van der Waals surface area contributed by atoms with Gasteiger partial charge >= 0.3 is 0 Å². The fourth-order valence-electron chi connectivity index (χ4n) is 2.66. The van der Waals surface area contributed by atoms with Crippen LogP contribution in [0.1, 0.15) is 31.2 Å². The molecular weight excluding hydrogens is 363 g/mol. The van der Waals surface area contributed by atoms with E-state index in [1.165, 1.54) is 17.8 Å². The summed E-state index contributed by atoms with van der Waals surface area (Å²) in [6, 6.07) is 4.10. The summed E-state index contributed by atoms with van der Waals surface area (Å²) >= 11 is 1.52. The zero-order valence-corrected chi connectivity index (χ0v) is 15.7. The standard InChI is InChI=1S/C16H20F2N5PS/c1-2-5-25-16-21-14(20)13(19)15(22-16)23(24)12-7-9(12)8-3-4-10(17)11(18)6-8/h3-4,6,9,12H,2,5,7,19,24H2,1H3,(H2,20,21,22)/t9-,12+/m0/s1. The molecule has 25 heavy (non-hydrogen) atoms. The number of anilines is 3. The molecular formula is C16H20F2N5PS. The maximum absolute atomic E-state index is 13.5. The summed E-state index contributed by atoms with van der Waals surface area (Å²) in [5.41, 5.74) is 13.1. The summed E-state index contributed by atoms with van der Waals surface area (Å²) in [6.07, 6.45) is 1.80. The monoisotopic (exact) mass is 383 g/mol. The number of benzene rings is 1. The van der Waals surface area contributed by atoms with Crippen molar-refractivity contribution in [3.8, 4) is 0 Å². The maximum atomic E-state index is 13.5. The van der Waals surface area contributed by atoms with Crippen LogP contribution in [-0.4, -0.2) is 21.8 Å². The summed E-state index contributed by atoms with van der Waals surface area (Å²) < 4.78 is 28.4. The van der Waals surface area contributed by atoms with Gasteiger partial charge in [0.05, 0.1) is 0 Å². The number of rotatable bonds is 6. The zero-order chi connectivity index (χ0) is 18.1. The van der Waals surface area contributed by atoms with Gasteiger partial charge in [-0.25, -0.2) is 18.7 Å². The summed E-state index contributed by atoms with van der Waals surface area (Å²) in [4.78, 5) is 8.72. The van der Waals surface area contributed by atoms with Gasteiger partial charge in [0.1, 0.15) is 5.69 Å². The first-order chi connectivity index (χ1) is 11.9. The number of nitrogens with zero attached hydrogens (tertiary/aromatic N) is 3. The van der Waals surface area contributed by atoms with Gasteiger partial charge in [0.2, 0.25) is 0 Å². The number of aromatic nitrogens is 2. The third-order valence-electron chi connectivity index (χ3n) is 4.10. The van der Waals surface area contributed by atoms with Gasteiger partial charge in [-0.1, -0.05) is 24.8 Å². The van der Waals surface area contributed by atoms with Crippen molar-refractivity contribution in [2.45, 2.75) is 36.9 Å². The highest BCUT2D eigenvalue weighted by Crippen LogP contribution is 2.49. The molecule has 1 aliphatic rings. The Morgan fingerprint density at radius 1 is 1.28 bits per heavy atom. The number of hydrogen-bond acceptors (Lipinski definition) is 6. The van der Waals surface area contributed by atoms with Gasteiger partial charge in [0, 0.05) is 17.7 Å². The number of nitrogen functional groups attached to an aromatic ring is 2. The van der Waals surface area contributed by atoms with Crippen molar-refractivity contribution in [2.24, 2.45) is 0 Å². The van der Waals surface area contributed by atoms with Crippen molar-refractivity contribution < 1.29 is 8.78 Å². The Labute approximate surface area is 151 Å². The van der Waals surface area contributed by atoms with E-state index in [0.717, 1.165) is 30.2 Å². The van der Waals surface area contributed by atoms with Gasteiger partial charge in [-0.3, -0.25) is 0 Å². The highest BCUT2D eigenvalue weighted by Gasteiger charge is 2.43. The molecule has 1 saturated carbocycles. The lowest BCUT2D eigenvalue weighted by atomic mass is 10.1. The minimum absolute atomic E-state index is 0.0792. The molecule has 3 atom stereocenters. The molecule has 2 aromatic rings. The van der Waals surface area contributed by atoms with E-state index in [0.29, 0.717) is 16.7 Å². The van der Waals surface area contributed by atoms with E-state index in [2.05, 4.69) is 26.3 Å². The van der Waals surface area contributed by atoms with E-state index in [4.69, 9.17) is 11.5 Å². The van der Waals surface area contributed by atoms with E-state index < -0.39 is 11.6 Å². The van der Waals surface area contributed by atoms with E-state index in [1.807, 2.05) is 4.67 Å². The molecule has 1 aliphatic carbocycles. The SMILES string of the molecule is CCCSc1nc(N)c(N)c(N(P)[C@@H]2C[C@H]2c2ccc(F)c(F)c2)n1. The van der Waals surface area contributed by atoms with Gasteiger partial charge in [0.15, 0.2) is 28.4 Å². The number of nitrogens with two attached hydrogens (primary N) is 2. The predicted molar refractivity (Wildman–Crippen MR) is 102 cm³/mol. The molecule has 4 N–H and O–H groups in total. The lowest BCUT2D eigenvalue weighted by Crippen LogP contribution is -2.19. The Balaban J connectivity index is 1.80. The van der Waals surface area contributed by atoms with Crippen molar-refractivity contribution >= 4 is 38.5 Å². The van der Waals surface area contributed by atoms with E-state index in [-0.39, 0.29) is 17.8 Å². The van der Waals surface area contributed by atoms with Crippen LogP contribution in [-0.2, 0) is 0 Å². The molecule has 3 rings (SSSR count). The van der Waals surface area contributed by atoms with E-state index in [9.17, 15) is 8.78 Å². The number of halogens is 2. The first kappa shape index (κ1) is 18.1. The van der Waals surface area contributed by atoms with E-state index >= 15 is 0 Å². The molecule has 1 fully saturated rings. The molecule has 1 unspecified atom stereocenters. The number of hydrogen-bond donors (Lipinski definition) is 2. The Bertz CT molecular complexity index is 791. The molecule has 0 bridgehead atoms. The molecule has 5 nitrogen and oxygen atoms in total. The van der Waals surface area contributed by atoms with Gasteiger partial charge in [-0.05, 0) is 39.9 Å². The highest BCUT2D eigenvalue weighted by atomic mass is 32.2. The first-order valence-electron chi connectivity index (χ1n) is 7.97. The minimum Gasteiger partial charge on any atom is -0.393 e. The Morgan fingerprint density at radius 2 is 2.04 bits per heavy atom. The van der Waals surface area contributed by atoms with Crippen LogP contribution in [0.15, 0.2) is 23.4 Å². The normalized spacial score (nSPS) is 19.0.